The quantitative estimate of drug-likeness (QED) is 0.399. The molecule has 0 radical (unpaired) electrons. The Morgan fingerprint density at radius 1 is 1.22 bits per heavy atom. The van der Waals surface area contributed by atoms with Crippen molar-refractivity contribution in [2.24, 2.45) is 0 Å². The first-order valence-corrected chi connectivity index (χ1v) is 12.2. The van der Waals surface area contributed by atoms with Gasteiger partial charge in [-0.05, 0) is 45.2 Å². The molecular weight excluding hydrogens is 444 g/mol. The molecule has 0 spiro atoms. The van der Waals surface area contributed by atoms with Crippen LogP contribution in [0.4, 0.5) is 21.9 Å². The second kappa shape index (κ2) is 8.79. The van der Waals surface area contributed by atoms with Gasteiger partial charge in [-0.2, -0.15) is 0 Å². The van der Waals surface area contributed by atoms with Crippen LogP contribution in [0.1, 0.15) is 41.4 Å². The molecule has 0 fully saturated rings. The summed E-state index contributed by atoms with van der Waals surface area (Å²) >= 11 is 3.02. The Hall–Kier alpha value is -3.11. The number of nitrogens with zero attached hydrogens (tertiary/aromatic N) is 5. The highest BCUT2D eigenvalue weighted by Crippen LogP contribution is 2.37. The van der Waals surface area contributed by atoms with Gasteiger partial charge in [0, 0.05) is 23.1 Å². The highest BCUT2D eigenvalue weighted by Gasteiger charge is 2.25. The van der Waals surface area contributed by atoms with Gasteiger partial charge in [0.25, 0.3) is 0 Å². The van der Waals surface area contributed by atoms with E-state index in [9.17, 15) is 4.79 Å². The predicted molar refractivity (Wildman–Crippen MR) is 128 cm³/mol. The SMILES string of the molecule is CCOC(=O)c1csc(N2CCCCc3c2nnc(Nc2nc4ccccc4s2)c3C)n1. The lowest BCUT2D eigenvalue weighted by Crippen LogP contribution is -2.20. The number of para-hydroxylation sites is 1. The topological polar surface area (TPSA) is 93.1 Å². The van der Waals surface area contributed by atoms with Crippen LogP contribution in [0.25, 0.3) is 10.2 Å². The lowest BCUT2D eigenvalue weighted by atomic mass is 10.1. The minimum atomic E-state index is -0.400. The Labute approximate surface area is 193 Å². The van der Waals surface area contributed by atoms with Crippen LogP contribution in [-0.4, -0.2) is 39.3 Å². The van der Waals surface area contributed by atoms with Crippen molar-refractivity contribution in [1.82, 2.24) is 20.2 Å². The Balaban J connectivity index is 1.46. The van der Waals surface area contributed by atoms with Gasteiger partial charge in [0.05, 0.1) is 16.8 Å². The summed E-state index contributed by atoms with van der Waals surface area (Å²) in [7, 11) is 0. The minimum absolute atomic E-state index is 0.327. The molecule has 0 saturated carbocycles. The van der Waals surface area contributed by atoms with Crippen LogP contribution in [0.3, 0.4) is 0 Å². The molecule has 4 aromatic rings. The average molecular weight is 467 g/mol. The molecule has 5 rings (SSSR count). The summed E-state index contributed by atoms with van der Waals surface area (Å²) < 4.78 is 6.21. The molecule has 0 aliphatic carbocycles. The number of rotatable bonds is 5. The number of thiazole rings is 2. The van der Waals surface area contributed by atoms with E-state index in [1.165, 1.54) is 11.3 Å². The maximum atomic E-state index is 12.1. The number of anilines is 4. The molecule has 10 heteroatoms. The molecule has 0 amide bonds. The Kier molecular flexibility index (Phi) is 5.71. The lowest BCUT2D eigenvalue weighted by Gasteiger charge is -2.21. The number of benzene rings is 1. The first kappa shape index (κ1) is 20.8. The molecule has 0 atom stereocenters. The Bertz CT molecular complexity index is 1250. The highest BCUT2D eigenvalue weighted by molar-refractivity contribution is 7.22. The maximum absolute atomic E-state index is 12.1. The van der Waals surface area contributed by atoms with E-state index in [0.29, 0.717) is 12.3 Å². The molecule has 1 N–H and O–H groups in total. The zero-order valence-electron chi connectivity index (χ0n) is 17.8. The van der Waals surface area contributed by atoms with E-state index >= 15 is 0 Å². The van der Waals surface area contributed by atoms with Crippen molar-refractivity contribution in [3.8, 4) is 0 Å². The van der Waals surface area contributed by atoms with Crippen molar-refractivity contribution < 1.29 is 9.53 Å². The van der Waals surface area contributed by atoms with E-state index in [4.69, 9.17) is 4.74 Å². The Morgan fingerprint density at radius 3 is 2.94 bits per heavy atom. The van der Waals surface area contributed by atoms with Crippen LogP contribution in [-0.2, 0) is 11.2 Å². The van der Waals surface area contributed by atoms with Crippen LogP contribution in [0.2, 0.25) is 0 Å². The van der Waals surface area contributed by atoms with Crippen LogP contribution in [0.15, 0.2) is 29.6 Å². The van der Waals surface area contributed by atoms with Crippen LogP contribution in [0, 0.1) is 6.92 Å². The van der Waals surface area contributed by atoms with Crippen LogP contribution in [0.5, 0.6) is 0 Å². The first-order valence-electron chi connectivity index (χ1n) is 10.5. The molecule has 32 heavy (non-hydrogen) atoms. The molecule has 1 aromatic carbocycles. The molecular formula is C22H22N6O2S2. The summed E-state index contributed by atoms with van der Waals surface area (Å²) in [6.07, 6.45) is 2.97. The largest absolute Gasteiger partial charge is 0.461 e. The van der Waals surface area contributed by atoms with Gasteiger partial charge in [-0.3, -0.25) is 0 Å². The number of hydrogen-bond acceptors (Lipinski definition) is 10. The lowest BCUT2D eigenvalue weighted by molar-refractivity contribution is 0.0520. The molecule has 8 nitrogen and oxygen atoms in total. The van der Waals surface area contributed by atoms with Crippen molar-refractivity contribution in [2.45, 2.75) is 33.1 Å². The molecule has 0 saturated heterocycles. The number of carbonyl (C=O) groups is 1. The van der Waals surface area contributed by atoms with E-state index in [1.807, 2.05) is 18.2 Å². The van der Waals surface area contributed by atoms with Gasteiger partial charge in [0.2, 0.25) is 0 Å². The monoisotopic (exact) mass is 466 g/mol. The van der Waals surface area contributed by atoms with E-state index < -0.39 is 5.97 Å². The number of fused-ring (bicyclic) bond motifs is 2. The summed E-state index contributed by atoms with van der Waals surface area (Å²) in [6.45, 7) is 4.96. The smallest absolute Gasteiger partial charge is 0.357 e. The average Bonchev–Trinajstić information content (AvgIpc) is 3.38. The van der Waals surface area contributed by atoms with Crippen molar-refractivity contribution in [1.29, 1.82) is 0 Å². The van der Waals surface area contributed by atoms with Gasteiger partial charge in [-0.15, -0.1) is 21.5 Å². The second-order valence-corrected chi connectivity index (χ2v) is 9.30. The predicted octanol–water partition coefficient (Wildman–Crippen LogP) is 5.25. The minimum Gasteiger partial charge on any atom is -0.461 e. The maximum Gasteiger partial charge on any atom is 0.357 e. The zero-order valence-corrected chi connectivity index (χ0v) is 19.4. The highest BCUT2D eigenvalue weighted by atomic mass is 32.1. The first-order chi connectivity index (χ1) is 15.6. The zero-order chi connectivity index (χ0) is 22.1. The third kappa shape index (κ3) is 3.91. The fourth-order valence-corrected chi connectivity index (χ4v) is 5.44. The van der Waals surface area contributed by atoms with Gasteiger partial charge >= 0.3 is 5.97 Å². The van der Waals surface area contributed by atoms with Gasteiger partial charge in [0.15, 0.2) is 27.6 Å². The van der Waals surface area contributed by atoms with Gasteiger partial charge < -0.3 is 15.0 Å². The van der Waals surface area contributed by atoms with Gasteiger partial charge in [-0.1, -0.05) is 23.5 Å². The summed E-state index contributed by atoms with van der Waals surface area (Å²) in [4.78, 5) is 23.3. The van der Waals surface area contributed by atoms with E-state index in [-0.39, 0.29) is 0 Å². The number of ether oxygens (including phenoxy) is 1. The molecule has 1 aliphatic heterocycles. The summed E-state index contributed by atoms with van der Waals surface area (Å²) in [5.74, 6) is 1.12. The fourth-order valence-electron chi connectivity index (χ4n) is 3.76. The number of aromatic nitrogens is 4. The van der Waals surface area contributed by atoms with Crippen LogP contribution < -0.4 is 10.2 Å². The van der Waals surface area contributed by atoms with Gasteiger partial charge in [-0.25, -0.2) is 14.8 Å². The van der Waals surface area contributed by atoms with E-state index in [1.54, 1.807) is 23.6 Å². The molecule has 3 aromatic heterocycles. The summed E-state index contributed by atoms with van der Waals surface area (Å²) in [5, 5.41) is 15.7. The molecule has 0 unspecified atom stereocenters. The number of hydrogen-bond donors (Lipinski definition) is 1. The third-order valence-corrected chi connectivity index (χ3v) is 7.18. The fraction of sp³-hybridized carbons (Fsp3) is 0.318. The Morgan fingerprint density at radius 2 is 2.09 bits per heavy atom. The number of carbonyl (C=O) groups excluding carboxylic acids is 1. The van der Waals surface area contributed by atoms with Crippen LogP contribution >= 0.6 is 22.7 Å². The normalized spacial score (nSPS) is 13.6. The van der Waals surface area contributed by atoms with E-state index in [2.05, 4.69) is 43.4 Å². The standard InChI is InChI=1S/C22H22N6O2S2/c1-3-30-20(29)16-12-31-22(24-16)28-11-7-6-8-14-13(2)18(26-27-19(14)28)25-21-23-15-9-4-5-10-17(15)32-21/h4-5,9-10,12H,3,6-8,11H2,1-2H3,(H,23,25,26). The summed E-state index contributed by atoms with van der Waals surface area (Å²) in [5.41, 5.74) is 3.50. The number of esters is 1. The number of nitrogens with one attached hydrogen (secondary N) is 1. The van der Waals surface area contributed by atoms with Gasteiger partial charge in [0.1, 0.15) is 0 Å². The van der Waals surface area contributed by atoms with Crippen molar-refractivity contribution in [2.75, 3.05) is 23.4 Å². The van der Waals surface area contributed by atoms with Crippen molar-refractivity contribution in [3.63, 3.8) is 0 Å². The van der Waals surface area contributed by atoms with E-state index in [0.717, 1.165) is 69.0 Å². The third-order valence-electron chi connectivity index (χ3n) is 5.36. The van der Waals surface area contributed by atoms with Crippen molar-refractivity contribution >= 4 is 60.8 Å². The molecule has 164 valence electrons. The summed E-state index contributed by atoms with van der Waals surface area (Å²) in [6, 6.07) is 8.06. The molecule has 1 aliphatic rings. The second-order valence-electron chi connectivity index (χ2n) is 7.43. The van der Waals surface area contributed by atoms with Crippen molar-refractivity contribution in [3.05, 3.63) is 46.5 Å². The molecule has 0 bridgehead atoms. The molecule has 4 heterocycles.